The highest BCUT2D eigenvalue weighted by atomic mass is 79.9. The molecule has 21 heavy (non-hydrogen) atoms. The minimum Gasteiger partial charge on any atom is -0.496 e. The van der Waals surface area contributed by atoms with Crippen molar-refractivity contribution in [2.45, 2.75) is 30.5 Å². The molecule has 116 valence electrons. The van der Waals surface area contributed by atoms with Crippen LogP contribution in [0.3, 0.4) is 0 Å². The van der Waals surface area contributed by atoms with Gasteiger partial charge in [0, 0.05) is 11.4 Å². The number of nitrogens with one attached hydrogen (secondary N) is 1. The Morgan fingerprint density at radius 1 is 1.29 bits per heavy atom. The van der Waals surface area contributed by atoms with Crippen LogP contribution in [0.1, 0.15) is 36.0 Å². The number of ether oxygens (including phenoxy) is 2. The maximum Gasteiger partial charge on any atom is 0.258 e. The van der Waals surface area contributed by atoms with E-state index in [1.54, 1.807) is 26.4 Å². The minimum atomic E-state index is -0.138. The van der Waals surface area contributed by atoms with Gasteiger partial charge in [0.1, 0.15) is 17.1 Å². The summed E-state index contributed by atoms with van der Waals surface area (Å²) in [7, 11) is 3.12. The number of methoxy groups -OCH3 is 2. The maximum atomic E-state index is 12.4. The van der Waals surface area contributed by atoms with Gasteiger partial charge in [-0.05, 0) is 37.3 Å². The van der Waals surface area contributed by atoms with Crippen molar-refractivity contribution >= 4 is 21.8 Å². The lowest BCUT2D eigenvalue weighted by Crippen LogP contribution is -2.32. The van der Waals surface area contributed by atoms with Gasteiger partial charge >= 0.3 is 0 Å². The molecule has 0 saturated heterocycles. The van der Waals surface area contributed by atoms with Crippen LogP contribution in [-0.2, 0) is 0 Å². The van der Waals surface area contributed by atoms with E-state index in [2.05, 4.69) is 21.2 Å². The van der Waals surface area contributed by atoms with Gasteiger partial charge in [-0.3, -0.25) is 4.79 Å². The number of benzene rings is 1. The molecule has 1 fully saturated rings. The minimum absolute atomic E-state index is 0.138. The molecule has 4 nitrogen and oxygen atoms in total. The van der Waals surface area contributed by atoms with Crippen molar-refractivity contribution < 1.29 is 14.3 Å². The molecule has 0 heterocycles. The number of rotatable bonds is 5. The SMILES string of the molecule is COc1cccc(OC)c1C(=O)NCC1CCCC(Br)C1. The molecule has 0 aromatic heterocycles. The molecule has 1 aromatic carbocycles. The van der Waals surface area contributed by atoms with Gasteiger partial charge in [-0.1, -0.05) is 28.4 Å². The predicted molar refractivity (Wildman–Crippen MR) is 86.6 cm³/mol. The quantitative estimate of drug-likeness (QED) is 0.823. The zero-order valence-corrected chi connectivity index (χ0v) is 14.1. The second-order valence-corrected chi connectivity index (χ2v) is 6.67. The number of carbonyl (C=O) groups excluding carboxylic acids is 1. The molecule has 1 aromatic rings. The number of halogens is 1. The summed E-state index contributed by atoms with van der Waals surface area (Å²) < 4.78 is 10.5. The van der Waals surface area contributed by atoms with Gasteiger partial charge in [-0.2, -0.15) is 0 Å². The Morgan fingerprint density at radius 3 is 2.52 bits per heavy atom. The first-order valence-corrected chi connectivity index (χ1v) is 8.20. The van der Waals surface area contributed by atoms with Gasteiger partial charge in [0.2, 0.25) is 0 Å². The zero-order valence-electron chi connectivity index (χ0n) is 12.5. The molecule has 0 bridgehead atoms. The van der Waals surface area contributed by atoms with Crippen LogP contribution in [0.4, 0.5) is 0 Å². The fraction of sp³-hybridized carbons (Fsp3) is 0.562. The summed E-state index contributed by atoms with van der Waals surface area (Å²) in [5.41, 5.74) is 0.466. The van der Waals surface area contributed by atoms with E-state index >= 15 is 0 Å². The van der Waals surface area contributed by atoms with Crippen molar-refractivity contribution in [2.24, 2.45) is 5.92 Å². The monoisotopic (exact) mass is 355 g/mol. The van der Waals surface area contributed by atoms with E-state index < -0.39 is 0 Å². The number of hydrogen-bond donors (Lipinski definition) is 1. The first kappa shape index (κ1) is 16.1. The normalized spacial score (nSPS) is 21.7. The summed E-state index contributed by atoms with van der Waals surface area (Å²) in [6, 6.07) is 5.35. The van der Waals surface area contributed by atoms with Crippen LogP contribution in [-0.4, -0.2) is 31.5 Å². The lowest BCUT2D eigenvalue weighted by molar-refractivity contribution is 0.0937. The Hall–Kier alpha value is -1.23. The van der Waals surface area contributed by atoms with Gasteiger partial charge in [0.15, 0.2) is 0 Å². The Bertz CT molecular complexity index is 470. The third kappa shape index (κ3) is 4.13. The molecule has 2 unspecified atom stereocenters. The van der Waals surface area contributed by atoms with E-state index in [0.29, 0.717) is 34.4 Å². The average Bonchev–Trinajstić information content (AvgIpc) is 2.51. The molecule has 0 aliphatic heterocycles. The van der Waals surface area contributed by atoms with Crippen molar-refractivity contribution in [3.8, 4) is 11.5 Å². The molecule has 1 aliphatic rings. The number of amides is 1. The molecule has 5 heteroatoms. The maximum absolute atomic E-state index is 12.4. The number of carbonyl (C=O) groups is 1. The summed E-state index contributed by atoms with van der Waals surface area (Å²) in [4.78, 5) is 13.0. The van der Waals surface area contributed by atoms with E-state index in [1.807, 2.05) is 6.07 Å². The van der Waals surface area contributed by atoms with Crippen molar-refractivity contribution in [1.82, 2.24) is 5.32 Å². The van der Waals surface area contributed by atoms with Crippen LogP contribution in [0, 0.1) is 5.92 Å². The Labute approximate surface area is 134 Å². The zero-order chi connectivity index (χ0) is 15.2. The van der Waals surface area contributed by atoms with Crippen molar-refractivity contribution in [2.75, 3.05) is 20.8 Å². The lowest BCUT2D eigenvalue weighted by atomic mass is 9.89. The second kappa shape index (κ2) is 7.69. The standard InChI is InChI=1S/C16H22BrNO3/c1-20-13-7-4-8-14(21-2)15(13)16(19)18-10-11-5-3-6-12(17)9-11/h4,7-8,11-12H,3,5-6,9-10H2,1-2H3,(H,18,19). The smallest absolute Gasteiger partial charge is 0.258 e. The highest BCUT2D eigenvalue weighted by molar-refractivity contribution is 9.09. The van der Waals surface area contributed by atoms with Gasteiger partial charge in [0.05, 0.1) is 14.2 Å². The highest BCUT2D eigenvalue weighted by Crippen LogP contribution is 2.30. The third-order valence-electron chi connectivity index (χ3n) is 3.92. The van der Waals surface area contributed by atoms with Crippen LogP contribution in [0.15, 0.2) is 18.2 Å². The van der Waals surface area contributed by atoms with E-state index in [1.165, 1.54) is 19.3 Å². The Morgan fingerprint density at radius 2 is 1.95 bits per heavy atom. The average molecular weight is 356 g/mol. The van der Waals surface area contributed by atoms with E-state index in [9.17, 15) is 4.79 Å². The van der Waals surface area contributed by atoms with Crippen molar-refractivity contribution in [3.05, 3.63) is 23.8 Å². The lowest BCUT2D eigenvalue weighted by Gasteiger charge is -2.26. The summed E-state index contributed by atoms with van der Waals surface area (Å²) in [5, 5.41) is 3.02. The third-order valence-corrected chi connectivity index (χ3v) is 4.76. The van der Waals surface area contributed by atoms with E-state index in [-0.39, 0.29) is 5.91 Å². The summed E-state index contributed by atoms with van der Waals surface area (Å²) in [6.07, 6.45) is 4.73. The van der Waals surface area contributed by atoms with E-state index in [0.717, 1.165) is 6.42 Å². The fourth-order valence-electron chi connectivity index (χ4n) is 2.81. The molecule has 0 radical (unpaired) electrons. The molecule has 1 N–H and O–H groups in total. The molecule has 0 spiro atoms. The van der Waals surface area contributed by atoms with Gasteiger partial charge in [-0.25, -0.2) is 0 Å². The Kier molecular flexibility index (Phi) is 5.91. The summed E-state index contributed by atoms with van der Waals surface area (Å²) in [6.45, 7) is 0.697. The highest BCUT2D eigenvalue weighted by Gasteiger charge is 2.22. The van der Waals surface area contributed by atoms with Crippen LogP contribution >= 0.6 is 15.9 Å². The van der Waals surface area contributed by atoms with E-state index in [4.69, 9.17) is 9.47 Å². The van der Waals surface area contributed by atoms with Gasteiger partial charge < -0.3 is 14.8 Å². The first-order chi connectivity index (χ1) is 10.2. The molecular formula is C16H22BrNO3. The summed E-state index contributed by atoms with van der Waals surface area (Å²) >= 11 is 3.67. The van der Waals surface area contributed by atoms with Crippen LogP contribution in [0.5, 0.6) is 11.5 Å². The van der Waals surface area contributed by atoms with Crippen LogP contribution in [0.2, 0.25) is 0 Å². The largest absolute Gasteiger partial charge is 0.496 e. The fourth-order valence-corrected chi connectivity index (χ4v) is 3.66. The molecule has 2 rings (SSSR count). The topological polar surface area (TPSA) is 47.6 Å². The number of alkyl halides is 1. The second-order valence-electron chi connectivity index (χ2n) is 5.38. The first-order valence-electron chi connectivity index (χ1n) is 7.29. The predicted octanol–water partition coefficient (Wildman–Crippen LogP) is 3.39. The number of hydrogen-bond acceptors (Lipinski definition) is 3. The van der Waals surface area contributed by atoms with Gasteiger partial charge in [0.25, 0.3) is 5.91 Å². The molecule has 2 atom stereocenters. The summed E-state index contributed by atoms with van der Waals surface area (Å²) in [5.74, 6) is 1.47. The molecular weight excluding hydrogens is 334 g/mol. The molecule has 1 amide bonds. The van der Waals surface area contributed by atoms with Crippen LogP contribution in [0.25, 0.3) is 0 Å². The van der Waals surface area contributed by atoms with Crippen LogP contribution < -0.4 is 14.8 Å². The van der Waals surface area contributed by atoms with Gasteiger partial charge in [-0.15, -0.1) is 0 Å². The Balaban J connectivity index is 2.03. The van der Waals surface area contributed by atoms with Crippen molar-refractivity contribution in [3.63, 3.8) is 0 Å². The molecule has 1 saturated carbocycles. The molecule has 1 aliphatic carbocycles. The van der Waals surface area contributed by atoms with Crippen molar-refractivity contribution in [1.29, 1.82) is 0 Å².